The highest BCUT2D eigenvalue weighted by atomic mass is 16.2. The molecule has 0 atom stereocenters. The van der Waals surface area contributed by atoms with Crippen molar-refractivity contribution in [2.75, 3.05) is 5.32 Å². The van der Waals surface area contributed by atoms with E-state index in [1.165, 1.54) is 6.92 Å². The van der Waals surface area contributed by atoms with E-state index in [0.29, 0.717) is 28.2 Å². The zero-order valence-electron chi connectivity index (χ0n) is 11.1. The lowest BCUT2D eigenvalue weighted by Gasteiger charge is -2.04. The summed E-state index contributed by atoms with van der Waals surface area (Å²) in [5.74, 6) is -0.312. The average molecular weight is 257 g/mol. The lowest BCUT2D eigenvalue weighted by molar-refractivity contribution is 0.101. The van der Waals surface area contributed by atoms with Crippen LogP contribution in [0.4, 0.5) is 5.69 Å². The van der Waals surface area contributed by atoms with Crippen molar-refractivity contribution >= 4 is 17.4 Å². The van der Waals surface area contributed by atoms with E-state index in [4.69, 9.17) is 0 Å². The lowest BCUT2D eigenvalue weighted by Crippen LogP contribution is -2.13. The normalized spacial score (nSPS) is 10.3. The molecule has 0 aliphatic heterocycles. The number of anilines is 1. The van der Waals surface area contributed by atoms with Gasteiger partial charge in [-0.15, -0.1) is 0 Å². The maximum Gasteiger partial charge on any atom is 0.272 e. The first-order valence-corrected chi connectivity index (χ1v) is 5.92. The Morgan fingerprint density at radius 3 is 2.37 bits per heavy atom. The molecule has 2 aromatic rings. The minimum Gasteiger partial charge on any atom is -0.354 e. The molecule has 0 aliphatic rings. The van der Waals surface area contributed by atoms with Crippen molar-refractivity contribution < 1.29 is 9.59 Å². The summed E-state index contributed by atoms with van der Waals surface area (Å²) in [4.78, 5) is 30.5. The molecule has 0 saturated heterocycles. The molecule has 2 aromatic heterocycles. The molecule has 19 heavy (non-hydrogen) atoms. The highest BCUT2D eigenvalue weighted by Gasteiger charge is 2.19. The number of nitrogens with one attached hydrogen (secondary N) is 2. The molecule has 98 valence electrons. The Hall–Kier alpha value is -2.43. The van der Waals surface area contributed by atoms with Crippen molar-refractivity contribution in [3.05, 3.63) is 47.0 Å². The first-order chi connectivity index (χ1) is 9.00. The fraction of sp³-hybridized carbons (Fsp3) is 0.214. The van der Waals surface area contributed by atoms with Gasteiger partial charge < -0.3 is 10.3 Å². The maximum absolute atomic E-state index is 12.1. The Bertz CT molecular complexity index is 630. The monoisotopic (exact) mass is 257 g/mol. The van der Waals surface area contributed by atoms with Crippen LogP contribution in [0.3, 0.4) is 0 Å². The van der Waals surface area contributed by atoms with Crippen LogP contribution in [0.2, 0.25) is 0 Å². The number of aromatic amines is 1. The second-order valence-corrected chi connectivity index (χ2v) is 4.37. The molecule has 0 fully saturated rings. The molecular weight excluding hydrogens is 242 g/mol. The molecule has 5 heteroatoms. The third kappa shape index (κ3) is 2.54. The predicted molar refractivity (Wildman–Crippen MR) is 72.5 cm³/mol. The van der Waals surface area contributed by atoms with E-state index in [1.807, 2.05) is 0 Å². The van der Waals surface area contributed by atoms with Crippen LogP contribution in [0.15, 0.2) is 24.5 Å². The maximum atomic E-state index is 12.1. The minimum absolute atomic E-state index is 0.0470. The van der Waals surface area contributed by atoms with E-state index in [1.54, 1.807) is 38.4 Å². The third-order valence-corrected chi connectivity index (χ3v) is 2.95. The number of nitrogens with zero attached hydrogens (tertiary/aromatic N) is 1. The molecule has 0 saturated carbocycles. The Labute approximate surface area is 111 Å². The number of hydrogen-bond acceptors (Lipinski definition) is 3. The van der Waals surface area contributed by atoms with Gasteiger partial charge in [0.2, 0.25) is 0 Å². The number of hydrogen-bond donors (Lipinski definition) is 2. The summed E-state index contributed by atoms with van der Waals surface area (Å²) in [5.41, 5.74) is 3.05. The van der Waals surface area contributed by atoms with E-state index in [0.717, 1.165) is 0 Å². The van der Waals surface area contributed by atoms with Crippen molar-refractivity contribution in [2.24, 2.45) is 0 Å². The minimum atomic E-state index is -0.265. The van der Waals surface area contributed by atoms with Crippen LogP contribution in [0, 0.1) is 13.8 Å². The molecule has 0 aromatic carbocycles. The Morgan fingerprint density at radius 2 is 1.84 bits per heavy atom. The highest BCUT2D eigenvalue weighted by Crippen LogP contribution is 2.19. The Balaban J connectivity index is 2.30. The molecule has 0 spiro atoms. The van der Waals surface area contributed by atoms with Crippen LogP contribution < -0.4 is 5.32 Å². The van der Waals surface area contributed by atoms with Gasteiger partial charge in [-0.2, -0.15) is 0 Å². The van der Waals surface area contributed by atoms with Crippen LogP contribution in [-0.4, -0.2) is 21.7 Å². The van der Waals surface area contributed by atoms with E-state index >= 15 is 0 Å². The van der Waals surface area contributed by atoms with Gasteiger partial charge in [0.1, 0.15) is 5.69 Å². The van der Waals surface area contributed by atoms with Crippen molar-refractivity contribution in [2.45, 2.75) is 20.8 Å². The summed E-state index contributed by atoms with van der Waals surface area (Å²) >= 11 is 0. The number of rotatable bonds is 3. The van der Waals surface area contributed by atoms with E-state index in [-0.39, 0.29) is 11.7 Å². The number of carbonyl (C=O) groups excluding carboxylic acids is 2. The second kappa shape index (κ2) is 5.06. The van der Waals surface area contributed by atoms with Gasteiger partial charge in [0.15, 0.2) is 5.78 Å². The highest BCUT2D eigenvalue weighted by molar-refractivity contribution is 6.07. The first-order valence-electron chi connectivity index (χ1n) is 5.92. The molecule has 2 N–H and O–H groups in total. The van der Waals surface area contributed by atoms with Gasteiger partial charge in [0, 0.05) is 29.3 Å². The SMILES string of the molecule is CC(=O)c1c(C)[nH]c(C(=O)Nc2ccncc2)c1C. The van der Waals surface area contributed by atoms with Crippen LogP contribution in [0.25, 0.3) is 0 Å². The van der Waals surface area contributed by atoms with Gasteiger partial charge in [0.05, 0.1) is 0 Å². The lowest BCUT2D eigenvalue weighted by atomic mass is 10.1. The number of amides is 1. The van der Waals surface area contributed by atoms with Crippen LogP contribution in [-0.2, 0) is 0 Å². The van der Waals surface area contributed by atoms with Crippen molar-refractivity contribution in [1.82, 2.24) is 9.97 Å². The van der Waals surface area contributed by atoms with Crippen molar-refractivity contribution in [1.29, 1.82) is 0 Å². The van der Waals surface area contributed by atoms with Crippen molar-refractivity contribution in [3.8, 4) is 0 Å². The van der Waals surface area contributed by atoms with Crippen LogP contribution >= 0.6 is 0 Å². The van der Waals surface area contributed by atoms with Gasteiger partial charge in [-0.25, -0.2) is 0 Å². The van der Waals surface area contributed by atoms with Gasteiger partial charge in [-0.1, -0.05) is 0 Å². The van der Waals surface area contributed by atoms with E-state index in [9.17, 15) is 9.59 Å². The Kier molecular flexibility index (Phi) is 3.46. The fourth-order valence-electron chi connectivity index (χ4n) is 2.13. The molecular formula is C14H15N3O2. The first kappa shape index (κ1) is 13.0. The molecule has 2 heterocycles. The summed E-state index contributed by atoms with van der Waals surface area (Å²) in [6.45, 7) is 5.04. The number of aromatic nitrogens is 2. The van der Waals surface area contributed by atoms with Gasteiger partial charge in [0.25, 0.3) is 5.91 Å². The summed E-state index contributed by atoms with van der Waals surface area (Å²) in [6.07, 6.45) is 3.20. The molecule has 0 aliphatic carbocycles. The number of H-pyrrole nitrogens is 1. The summed E-state index contributed by atoms with van der Waals surface area (Å²) in [6, 6.07) is 3.41. The van der Waals surface area contributed by atoms with Crippen molar-refractivity contribution in [3.63, 3.8) is 0 Å². The quantitative estimate of drug-likeness (QED) is 0.829. The molecule has 2 rings (SSSR count). The summed E-state index contributed by atoms with van der Waals surface area (Å²) in [5, 5.41) is 2.76. The number of ketones is 1. The van der Waals surface area contributed by atoms with Gasteiger partial charge in [-0.3, -0.25) is 14.6 Å². The molecule has 0 unspecified atom stereocenters. The topological polar surface area (TPSA) is 74.8 Å². The zero-order valence-corrected chi connectivity index (χ0v) is 11.1. The number of Topliss-reactive ketones (excluding diaryl/α,β-unsaturated/α-hetero) is 1. The van der Waals surface area contributed by atoms with E-state index in [2.05, 4.69) is 15.3 Å². The second-order valence-electron chi connectivity index (χ2n) is 4.37. The van der Waals surface area contributed by atoms with Gasteiger partial charge >= 0.3 is 0 Å². The molecule has 0 bridgehead atoms. The Morgan fingerprint density at radius 1 is 1.21 bits per heavy atom. The van der Waals surface area contributed by atoms with E-state index < -0.39 is 0 Å². The fourth-order valence-corrected chi connectivity index (χ4v) is 2.13. The summed E-state index contributed by atoms with van der Waals surface area (Å²) in [7, 11) is 0. The molecule has 0 radical (unpaired) electrons. The number of carbonyl (C=O) groups is 2. The number of pyridine rings is 1. The average Bonchev–Trinajstić information content (AvgIpc) is 2.66. The molecule has 5 nitrogen and oxygen atoms in total. The summed E-state index contributed by atoms with van der Waals surface area (Å²) < 4.78 is 0. The largest absolute Gasteiger partial charge is 0.354 e. The standard InChI is InChI=1S/C14H15N3O2/c1-8-12(10(3)18)9(2)16-13(8)14(19)17-11-4-6-15-7-5-11/h4-7,16H,1-3H3,(H,15,17,19). The predicted octanol–water partition coefficient (Wildman–Crippen LogP) is 2.48. The van der Waals surface area contributed by atoms with Crippen LogP contribution in [0.5, 0.6) is 0 Å². The van der Waals surface area contributed by atoms with Crippen LogP contribution in [0.1, 0.15) is 39.0 Å². The molecule has 1 amide bonds. The van der Waals surface area contributed by atoms with Gasteiger partial charge in [-0.05, 0) is 38.5 Å². The number of aryl methyl sites for hydroxylation is 1. The smallest absolute Gasteiger partial charge is 0.272 e. The third-order valence-electron chi connectivity index (χ3n) is 2.95. The zero-order chi connectivity index (χ0) is 14.0.